The number of nitrogens with zero attached hydrogens (tertiary/aromatic N) is 3. The van der Waals surface area contributed by atoms with Gasteiger partial charge in [-0.2, -0.15) is 0 Å². The number of carboxylic acid groups (broad SMARTS) is 2. The van der Waals surface area contributed by atoms with E-state index in [0.29, 0.717) is 34.2 Å². The summed E-state index contributed by atoms with van der Waals surface area (Å²) < 4.78 is 35.9. The Morgan fingerprint density at radius 1 is 0.693 bits per heavy atom. The number of nitrogens with one attached hydrogen (secondary N) is 5. The second kappa shape index (κ2) is 37.7. The Balaban J connectivity index is 0.866. The van der Waals surface area contributed by atoms with Crippen LogP contribution >= 0.6 is 23.5 Å². The number of ketones is 1. The number of aromatic nitrogens is 2. The number of piperidine rings is 1. The summed E-state index contributed by atoms with van der Waals surface area (Å²) in [7, 11) is -4.69. The standard InChI is InChI=1S/C60H88BrN8O18P/c1-41-19-23-50(61)66-57(41)67-58(78)48-34-60(35-49(60)69(48)55(75)37-68-36-45(42(2)70)44-21-20-43(33-47(44)68)88(81,82)83)40-64-54(74)39-87-32-30-85-28-26-63-53(73)38-86-31-29-84-27-25-62-51(71)24-22-46(59(79)80)65-52(72)17-15-13-11-9-7-5-3-4-6-8-10-12-14-16-18-56(76)77/h19-21,23,33,36,46,48-49H,3-18,22,24-32,34-35,37-40H2,1-2H3,(H,62,71)(H,63,73)(H,64,74)(H,65,72)(H,76,77)(H,79,80)(H,66,67,78)(H2,81,82,83)/t46-,48-,49+,60-/m0/s1. The highest BCUT2D eigenvalue weighted by molar-refractivity contribution is 9.10. The number of hydrogen-bond acceptors (Lipinski definition) is 15. The molecule has 0 bridgehead atoms. The number of amides is 6. The first-order chi connectivity index (χ1) is 42.1. The summed E-state index contributed by atoms with van der Waals surface area (Å²) in [6, 6.07) is 4.83. The molecule has 88 heavy (non-hydrogen) atoms. The fourth-order valence-corrected chi connectivity index (χ4v) is 11.5. The van der Waals surface area contributed by atoms with Gasteiger partial charge in [-0.05, 0) is 85.6 Å². The van der Waals surface area contributed by atoms with Gasteiger partial charge in [-0.3, -0.25) is 42.9 Å². The fourth-order valence-electron chi connectivity index (χ4n) is 10.6. The van der Waals surface area contributed by atoms with Gasteiger partial charge in [0.25, 0.3) is 0 Å². The SMILES string of the molecule is CC(=O)c1cn(CC(=O)N2[C@H](C(=O)Nc3nc(Br)ccc3C)C[C@@]3(CNC(=O)COCCOCCNC(=O)COCCOCCNC(=O)CC[C@H](NC(=O)CCCCCCCCCCCCCCCCC(=O)O)C(=O)O)C[C@@H]23)c2cc(P(=O)(O)O)ccc12. The summed E-state index contributed by atoms with van der Waals surface area (Å²) in [5.74, 6) is -4.47. The minimum Gasteiger partial charge on any atom is -0.481 e. The zero-order valence-electron chi connectivity index (χ0n) is 50.5. The van der Waals surface area contributed by atoms with Gasteiger partial charge in [-0.15, -0.1) is 0 Å². The van der Waals surface area contributed by atoms with E-state index in [1.807, 2.05) is 0 Å². The summed E-state index contributed by atoms with van der Waals surface area (Å²) in [4.78, 5) is 139. The molecule has 2 fully saturated rings. The third kappa shape index (κ3) is 25.4. The number of pyridine rings is 1. The summed E-state index contributed by atoms with van der Waals surface area (Å²) >= 11 is 3.33. The zero-order chi connectivity index (χ0) is 64.1. The lowest BCUT2D eigenvalue weighted by Gasteiger charge is -2.27. The molecule has 488 valence electrons. The van der Waals surface area contributed by atoms with Crippen LogP contribution in [-0.4, -0.2) is 178 Å². The van der Waals surface area contributed by atoms with Crippen molar-refractivity contribution in [2.45, 2.75) is 167 Å². The van der Waals surface area contributed by atoms with E-state index >= 15 is 0 Å². The van der Waals surface area contributed by atoms with Gasteiger partial charge in [-0.25, -0.2) is 9.78 Å². The van der Waals surface area contributed by atoms with Crippen LogP contribution in [0.1, 0.15) is 151 Å². The Kier molecular flexibility index (Phi) is 31.1. The van der Waals surface area contributed by atoms with Crippen LogP contribution < -0.4 is 31.9 Å². The number of Topliss-reactive ketones (excluding diaryl/α,β-unsaturated/α-hetero) is 1. The number of aliphatic carboxylic acids is 2. The number of rotatable bonds is 46. The number of anilines is 1. The molecule has 28 heteroatoms. The molecular weight excluding hydrogens is 1230 g/mol. The molecule has 1 aliphatic heterocycles. The number of ether oxygens (including phenoxy) is 4. The fraction of sp³-hybridized carbons (Fsp3) is 0.633. The van der Waals surface area contributed by atoms with Crippen molar-refractivity contribution in [3.05, 3.63) is 52.3 Å². The number of likely N-dealkylation sites (tertiary alicyclic amines) is 1. The normalized spacial score (nSPS) is 16.4. The van der Waals surface area contributed by atoms with Crippen LogP contribution in [0.3, 0.4) is 0 Å². The van der Waals surface area contributed by atoms with E-state index in [4.69, 9.17) is 24.1 Å². The molecule has 3 aromatic rings. The number of unbranched alkanes of at least 4 members (excludes halogenated alkanes) is 13. The van der Waals surface area contributed by atoms with E-state index in [1.165, 1.54) is 72.9 Å². The summed E-state index contributed by atoms with van der Waals surface area (Å²) in [5.41, 5.74) is 0.560. The molecule has 1 aliphatic carbocycles. The summed E-state index contributed by atoms with van der Waals surface area (Å²) in [6.45, 7) is 3.51. The van der Waals surface area contributed by atoms with Crippen molar-refractivity contribution < 1.29 is 86.7 Å². The van der Waals surface area contributed by atoms with Crippen molar-refractivity contribution in [2.24, 2.45) is 5.41 Å². The van der Waals surface area contributed by atoms with Crippen molar-refractivity contribution in [3.63, 3.8) is 0 Å². The number of halogens is 1. The Labute approximate surface area is 521 Å². The smallest absolute Gasteiger partial charge is 0.356 e. The van der Waals surface area contributed by atoms with Crippen molar-refractivity contribution in [1.29, 1.82) is 0 Å². The number of fused-ring (bicyclic) bond motifs is 2. The lowest BCUT2D eigenvalue weighted by molar-refractivity contribution is -0.142. The third-order valence-electron chi connectivity index (χ3n) is 15.5. The molecule has 2 aromatic heterocycles. The van der Waals surface area contributed by atoms with E-state index < -0.39 is 60.8 Å². The monoisotopic (exact) mass is 1320 g/mol. The second-order valence-corrected chi connectivity index (χ2v) is 24.9. The number of carbonyl (C=O) groups excluding carboxylic acids is 7. The summed E-state index contributed by atoms with van der Waals surface area (Å²) in [6.07, 6.45) is 17.3. The van der Waals surface area contributed by atoms with Gasteiger partial charge in [0, 0.05) is 67.5 Å². The van der Waals surface area contributed by atoms with Crippen molar-refractivity contribution >= 4 is 98.7 Å². The maximum atomic E-state index is 14.3. The average Bonchev–Trinajstić information content (AvgIpc) is 1.58. The van der Waals surface area contributed by atoms with Crippen molar-refractivity contribution in [3.8, 4) is 0 Å². The van der Waals surface area contributed by atoms with Gasteiger partial charge in [0.15, 0.2) is 5.78 Å². The molecule has 0 radical (unpaired) electrons. The molecule has 1 aromatic carbocycles. The Hall–Kier alpha value is -6.19. The first-order valence-corrected chi connectivity index (χ1v) is 32.8. The largest absolute Gasteiger partial charge is 0.481 e. The maximum Gasteiger partial charge on any atom is 0.356 e. The second-order valence-electron chi connectivity index (χ2n) is 22.5. The van der Waals surface area contributed by atoms with E-state index in [9.17, 15) is 62.6 Å². The lowest BCUT2D eigenvalue weighted by atomic mass is 9.99. The van der Waals surface area contributed by atoms with Crippen LogP contribution in [0.5, 0.6) is 0 Å². The molecule has 3 heterocycles. The van der Waals surface area contributed by atoms with Crippen LogP contribution in [0.2, 0.25) is 0 Å². The molecular formula is C60H88BrN8O18P. The van der Waals surface area contributed by atoms with Crippen LogP contribution in [0.25, 0.3) is 10.9 Å². The van der Waals surface area contributed by atoms with Crippen molar-refractivity contribution in [1.82, 2.24) is 35.7 Å². The number of benzene rings is 1. The van der Waals surface area contributed by atoms with Gasteiger partial charge in [0.1, 0.15) is 42.3 Å². The quantitative estimate of drug-likeness (QED) is 0.0152. The van der Waals surface area contributed by atoms with Gasteiger partial charge >= 0.3 is 19.5 Å². The topological polar surface area (TPSA) is 370 Å². The van der Waals surface area contributed by atoms with E-state index in [2.05, 4.69) is 47.5 Å². The molecule has 26 nitrogen and oxygen atoms in total. The zero-order valence-corrected chi connectivity index (χ0v) is 53.0. The maximum absolute atomic E-state index is 14.3. The van der Waals surface area contributed by atoms with Gasteiger partial charge in [0.2, 0.25) is 35.4 Å². The van der Waals surface area contributed by atoms with Gasteiger partial charge in [-0.1, -0.05) is 89.2 Å². The first-order valence-electron chi connectivity index (χ1n) is 30.4. The highest BCUT2D eigenvalue weighted by Gasteiger charge is 2.67. The number of aryl methyl sites for hydroxylation is 1. The van der Waals surface area contributed by atoms with E-state index in [0.717, 1.165) is 51.4 Å². The van der Waals surface area contributed by atoms with Crippen LogP contribution in [-0.2, 0) is 68.4 Å². The highest BCUT2D eigenvalue weighted by Crippen LogP contribution is 2.59. The molecule has 2 aliphatic rings. The Morgan fingerprint density at radius 3 is 1.82 bits per heavy atom. The van der Waals surface area contributed by atoms with E-state index in [-0.39, 0.29) is 151 Å². The minimum atomic E-state index is -4.69. The Morgan fingerprint density at radius 2 is 1.25 bits per heavy atom. The Bertz CT molecular complexity index is 2890. The first kappa shape index (κ1) is 72.6. The van der Waals surface area contributed by atoms with Gasteiger partial charge in [0.05, 0.1) is 50.5 Å². The molecule has 4 atom stereocenters. The van der Waals surface area contributed by atoms with Gasteiger partial charge < -0.3 is 75.0 Å². The molecule has 9 N–H and O–H groups in total. The number of carboxylic acids is 2. The predicted octanol–water partition coefficient (Wildman–Crippen LogP) is 5.20. The predicted molar refractivity (Wildman–Crippen MR) is 328 cm³/mol. The molecule has 1 saturated carbocycles. The van der Waals surface area contributed by atoms with E-state index in [1.54, 1.807) is 19.1 Å². The average molecular weight is 1320 g/mol. The van der Waals surface area contributed by atoms with Crippen LogP contribution in [0.15, 0.2) is 41.1 Å². The number of hydrogen-bond donors (Lipinski definition) is 9. The third-order valence-corrected chi connectivity index (χ3v) is 16.9. The molecule has 0 unspecified atom stereocenters. The number of carbonyl (C=O) groups is 9. The molecule has 5 rings (SSSR count). The lowest BCUT2D eigenvalue weighted by Crippen LogP contribution is -2.46. The van der Waals surface area contributed by atoms with Crippen molar-refractivity contribution in [2.75, 3.05) is 77.8 Å². The minimum absolute atomic E-state index is 0.0582. The molecule has 6 amide bonds. The van der Waals surface area contributed by atoms with Crippen LogP contribution in [0, 0.1) is 12.3 Å². The highest BCUT2D eigenvalue weighted by atomic mass is 79.9. The summed E-state index contributed by atoms with van der Waals surface area (Å²) in [5, 5.41) is 32.0. The molecule has 0 spiro atoms. The molecule has 1 saturated heterocycles. The van der Waals surface area contributed by atoms with Crippen LogP contribution in [0.4, 0.5) is 5.82 Å².